The van der Waals surface area contributed by atoms with Crippen molar-refractivity contribution in [1.29, 1.82) is 0 Å². The molecule has 1 atom stereocenters. The second-order valence-electron chi connectivity index (χ2n) is 5.77. The Morgan fingerprint density at radius 1 is 1.10 bits per heavy atom. The third kappa shape index (κ3) is 16.2. The lowest BCUT2D eigenvalue weighted by Gasteiger charge is -2.18. The van der Waals surface area contributed by atoms with Crippen LogP contribution in [-0.2, 0) is 4.74 Å². The molecule has 1 unspecified atom stereocenters. The fourth-order valence-electron chi connectivity index (χ4n) is 2.01. The van der Waals surface area contributed by atoms with Crippen molar-refractivity contribution in [2.45, 2.75) is 65.8 Å². The molecule has 0 amide bonds. The van der Waals surface area contributed by atoms with E-state index in [0.717, 1.165) is 44.5 Å². The number of unbranched alkanes of at least 4 members (excludes halogenated alkanes) is 1. The molecule has 0 spiro atoms. The Balaban J connectivity index is 0. The van der Waals surface area contributed by atoms with Crippen LogP contribution in [0.5, 0.6) is 0 Å². The van der Waals surface area contributed by atoms with E-state index in [1.165, 1.54) is 19.3 Å². The summed E-state index contributed by atoms with van der Waals surface area (Å²) in [6.45, 7) is 11.4. The number of hydrogen-bond donors (Lipinski definition) is 2. The van der Waals surface area contributed by atoms with E-state index < -0.39 is 0 Å². The summed E-state index contributed by atoms with van der Waals surface area (Å²) in [5, 5.41) is 6.81. The normalized spacial score (nSPS) is 13.0. The van der Waals surface area contributed by atoms with E-state index >= 15 is 0 Å². The van der Waals surface area contributed by atoms with Crippen molar-refractivity contribution in [3.8, 4) is 0 Å². The van der Waals surface area contributed by atoms with Gasteiger partial charge < -0.3 is 15.4 Å². The fourth-order valence-corrected chi connectivity index (χ4v) is 2.01. The molecule has 5 heteroatoms. The summed E-state index contributed by atoms with van der Waals surface area (Å²) in [7, 11) is 1.83. The highest BCUT2D eigenvalue weighted by molar-refractivity contribution is 14.0. The lowest BCUT2D eigenvalue weighted by Crippen LogP contribution is -2.42. The molecule has 128 valence electrons. The standard InChI is InChI=1S/C16H35N3O.HI/c1-6-20-13-8-7-12-18-16(17-5)19-15(4)11-9-10-14(2)3;/h14-15H,6-13H2,1-5H3,(H2,17,18,19);1H. The molecule has 0 fully saturated rings. The molecule has 0 saturated carbocycles. The lowest BCUT2D eigenvalue weighted by atomic mass is 10.0. The maximum atomic E-state index is 5.32. The predicted molar refractivity (Wildman–Crippen MR) is 104 cm³/mol. The first-order chi connectivity index (χ1) is 9.60. The molecule has 0 bridgehead atoms. The van der Waals surface area contributed by atoms with E-state index in [2.05, 4.69) is 36.4 Å². The third-order valence-electron chi connectivity index (χ3n) is 3.24. The molecule has 0 aliphatic heterocycles. The molecule has 0 aromatic rings. The van der Waals surface area contributed by atoms with Gasteiger partial charge in [-0.25, -0.2) is 0 Å². The number of hydrogen-bond acceptors (Lipinski definition) is 2. The summed E-state index contributed by atoms with van der Waals surface area (Å²) in [6, 6.07) is 0.475. The molecule has 21 heavy (non-hydrogen) atoms. The van der Waals surface area contributed by atoms with Crippen molar-refractivity contribution in [3.63, 3.8) is 0 Å². The van der Waals surface area contributed by atoms with Gasteiger partial charge in [0.1, 0.15) is 0 Å². The van der Waals surface area contributed by atoms with Gasteiger partial charge in [-0.2, -0.15) is 0 Å². The number of halogens is 1. The topological polar surface area (TPSA) is 45.6 Å². The van der Waals surface area contributed by atoms with Gasteiger partial charge >= 0.3 is 0 Å². The van der Waals surface area contributed by atoms with Gasteiger partial charge in [-0.3, -0.25) is 4.99 Å². The minimum absolute atomic E-state index is 0. The van der Waals surface area contributed by atoms with Crippen LogP contribution in [-0.4, -0.2) is 38.8 Å². The lowest BCUT2D eigenvalue weighted by molar-refractivity contribution is 0.143. The SMILES string of the molecule is CCOCCCCNC(=NC)NC(C)CCCC(C)C.I. The molecular formula is C16H36IN3O. The first kappa shape index (κ1) is 23.2. The van der Waals surface area contributed by atoms with Crippen molar-refractivity contribution in [3.05, 3.63) is 0 Å². The maximum Gasteiger partial charge on any atom is 0.191 e. The van der Waals surface area contributed by atoms with Crippen LogP contribution in [0, 0.1) is 5.92 Å². The summed E-state index contributed by atoms with van der Waals surface area (Å²) < 4.78 is 5.32. The van der Waals surface area contributed by atoms with Crippen LogP contribution in [0.2, 0.25) is 0 Å². The molecule has 2 N–H and O–H groups in total. The van der Waals surface area contributed by atoms with E-state index in [1.54, 1.807) is 0 Å². The zero-order valence-electron chi connectivity index (χ0n) is 14.6. The van der Waals surface area contributed by atoms with Gasteiger partial charge in [0.2, 0.25) is 0 Å². The van der Waals surface area contributed by atoms with Crippen LogP contribution in [0.3, 0.4) is 0 Å². The quantitative estimate of drug-likeness (QED) is 0.234. The average molecular weight is 413 g/mol. The molecule has 0 heterocycles. The number of ether oxygens (including phenoxy) is 1. The van der Waals surface area contributed by atoms with Gasteiger partial charge in [0.15, 0.2) is 5.96 Å². The number of guanidine groups is 1. The first-order valence-corrected chi connectivity index (χ1v) is 8.15. The number of aliphatic imine (C=N–C) groups is 1. The smallest absolute Gasteiger partial charge is 0.191 e. The van der Waals surface area contributed by atoms with Gasteiger partial charge in [-0.05, 0) is 39.0 Å². The Kier molecular flexibility index (Phi) is 18.1. The Hall–Kier alpha value is -0.0400. The fraction of sp³-hybridized carbons (Fsp3) is 0.938. The monoisotopic (exact) mass is 413 g/mol. The average Bonchev–Trinajstić information content (AvgIpc) is 2.40. The Labute approximate surface area is 148 Å². The van der Waals surface area contributed by atoms with Crippen LogP contribution >= 0.6 is 24.0 Å². The summed E-state index contributed by atoms with van der Waals surface area (Å²) in [5.41, 5.74) is 0. The number of nitrogens with one attached hydrogen (secondary N) is 2. The minimum Gasteiger partial charge on any atom is -0.382 e. The minimum atomic E-state index is 0. The Bertz CT molecular complexity index is 248. The second kappa shape index (κ2) is 16.3. The molecule has 0 radical (unpaired) electrons. The summed E-state index contributed by atoms with van der Waals surface area (Å²) in [5.74, 6) is 1.71. The molecule has 0 aliphatic rings. The summed E-state index contributed by atoms with van der Waals surface area (Å²) in [4.78, 5) is 4.27. The summed E-state index contributed by atoms with van der Waals surface area (Å²) in [6.07, 6.45) is 5.99. The van der Waals surface area contributed by atoms with Crippen molar-refractivity contribution < 1.29 is 4.74 Å². The number of nitrogens with zero attached hydrogens (tertiary/aromatic N) is 1. The van der Waals surface area contributed by atoms with Crippen molar-refractivity contribution >= 4 is 29.9 Å². The van der Waals surface area contributed by atoms with Crippen LogP contribution in [0.15, 0.2) is 4.99 Å². The van der Waals surface area contributed by atoms with Crippen molar-refractivity contribution in [2.75, 3.05) is 26.8 Å². The van der Waals surface area contributed by atoms with Crippen molar-refractivity contribution in [2.24, 2.45) is 10.9 Å². The molecule has 0 aromatic carbocycles. The molecule has 0 aliphatic carbocycles. The molecule has 0 saturated heterocycles. The highest BCUT2D eigenvalue weighted by Gasteiger charge is 2.05. The molecule has 4 nitrogen and oxygen atoms in total. The van der Waals surface area contributed by atoms with Crippen LogP contribution in [0.1, 0.15) is 59.8 Å². The van der Waals surface area contributed by atoms with Gasteiger partial charge in [0.25, 0.3) is 0 Å². The van der Waals surface area contributed by atoms with Crippen LogP contribution in [0.25, 0.3) is 0 Å². The largest absolute Gasteiger partial charge is 0.382 e. The van der Waals surface area contributed by atoms with E-state index in [4.69, 9.17) is 4.74 Å². The maximum absolute atomic E-state index is 5.32. The molecular weight excluding hydrogens is 377 g/mol. The van der Waals surface area contributed by atoms with Gasteiger partial charge in [0, 0.05) is 32.8 Å². The van der Waals surface area contributed by atoms with Gasteiger partial charge in [-0.15, -0.1) is 24.0 Å². The van der Waals surface area contributed by atoms with Crippen LogP contribution < -0.4 is 10.6 Å². The number of rotatable bonds is 11. The summed E-state index contributed by atoms with van der Waals surface area (Å²) >= 11 is 0. The van der Waals surface area contributed by atoms with E-state index in [0.29, 0.717) is 6.04 Å². The Morgan fingerprint density at radius 2 is 1.81 bits per heavy atom. The zero-order valence-corrected chi connectivity index (χ0v) is 16.9. The van der Waals surface area contributed by atoms with Gasteiger partial charge in [-0.1, -0.05) is 26.7 Å². The Morgan fingerprint density at radius 3 is 2.38 bits per heavy atom. The van der Waals surface area contributed by atoms with E-state index in [9.17, 15) is 0 Å². The molecule has 0 rings (SSSR count). The first-order valence-electron chi connectivity index (χ1n) is 8.15. The van der Waals surface area contributed by atoms with Crippen LogP contribution in [0.4, 0.5) is 0 Å². The van der Waals surface area contributed by atoms with Crippen molar-refractivity contribution in [1.82, 2.24) is 10.6 Å². The van der Waals surface area contributed by atoms with Gasteiger partial charge in [0.05, 0.1) is 0 Å². The second-order valence-corrected chi connectivity index (χ2v) is 5.77. The zero-order chi connectivity index (χ0) is 15.2. The van der Waals surface area contributed by atoms with E-state index in [1.807, 2.05) is 14.0 Å². The predicted octanol–water partition coefficient (Wildman–Crippen LogP) is 3.80. The molecule has 0 aromatic heterocycles. The highest BCUT2D eigenvalue weighted by atomic mass is 127. The third-order valence-corrected chi connectivity index (χ3v) is 3.24. The highest BCUT2D eigenvalue weighted by Crippen LogP contribution is 2.08. The van der Waals surface area contributed by atoms with E-state index in [-0.39, 0.29) is 24.0 Å².